The first-order valence-corrected chi connectivity index (χ1v) is 6.23. The number of fused-ring (bicyclic) bond motifs is 1. The zero-order valence-electron chi connectivity index (χ0n) is 11.8. The molecule has 2 rings (SSSR count). The zero-order chi connectivity index (χ0) is 14.0. The van der Waals surface area contributed by atoms with Crippen LogP contribution >= 0.6 is 0 Å². The molecule has 6 heteroatoms. The minimum absolute atomic E-state index is 0.0741. The number of rotatable bonds is 2. The van der Waals surface area contributed by atoms with Gasteiger partial charge in [-0.3, -0.25) is 4.79 Å². The van der Waals surface area contributed by atoms with Gasteiger partial charge in [-0.25, -0.2) is 5.10 Å². The monoisotopic (exact) mass is 261 g/mol. The van der Waals surface area contributed by atoms with Crippen molar-refractivity contribution in [2.75, 3.05) is 14.1 Å². The van der Waals surface area contributed by atoms with Crippen LogP contribution in [0.25, 0.3) is 0 Å². The van der Waals surface area contributed by atoms with Crippen LogP contribution in [0.15, 0.2) is 21.1 Å². The van der Waals surface area contributed by atoms with Crippen molar-refractivity contribution in [3.05, 3.63) is 27.7 Å². The van der Waals surface area contributed by atoms with E-state index in [-0.39, 0.29) is 11.0 Å². The van der Waals surface area contributed by atoms with Crippen molar-refractivity contribution in [3.8, 4) is 0 Å². The van der Waals surface area contributed by atoms with Crippen LogP contribution in [0, 0.1) is 5.41 Å². The highest BCUT2D eigenvalue weighted by molar-refractivity contribution is 6.02. The van der Waals surface area contributed by atoms with Gasteiger partial charge >= 0.3 is 0 Å². The number of hydrogen-bond donors (Lipinski definition) is 1. The predicted octanol–water partition coefficient (Wildman–Crippen LogP) is 1.04. The van der Waals surface area contributed by atoms with Gasteiger partial charge in [-0.05, 0) is 18.3 Å². The highest BCUT2D eigenvalue weighted by Crippen LogP contribution is 2.33. The Labute approximate surface area is 112 Å². The molecule has 0 radical (unpaired) electrons. The van der Waals surface area contributed by atoms with Gasteiger partial charge in [0.25, 0.3) is 5.56 Å². The van der Waals surface area contributed by atoms with Gasteiger partial charge in [-0.15, -0.1) is 5.10 Å². The first-order chi connectivity index (χ1) is 8.87. The van der Waals surface area contributed by atoms with E-state index in [2.05, 4.69) is 34.2 Å². The van der Waals surface area contributed by atoms with Crippen LogP contribution < -0.4 is 5.56 Å². The predicted molar refractivity (Wildman–Crippen MR) is 75.7 cm³/mol. The molecule has 1 aliphatic rings. The van der Waals surface area contributed by atoms with Crippen molar-refractivity contribution < 1.29 is 0 Å². The number of aromatic amines is 1. The second-order valence-electron chi connectivity index (χ2n) is 5.85. The van der Waals surface area contributed by atoms with Gasteiger partial charge in [0.1, 0.15) is 6.34 Å². The average Bonchev–Trinajstić information content (AvgIpc) is 2.28. The average molecular weight is 261 g/mol. The van der Waals surface area contributed by atoms with Crippen LogP contribution in [0.5, 0.6) is 0 Å². The largest absolute Gasteiger partial charge is 0.367 e. The molecule has 0 unspecified atom stereocenters. The Hall–Kier alpha value is -1.98. The van der Waals surface area contributed by atoms with Gasteiger partial charge < -0.3 is 4.90 Å². The molecule has 1 heterocycles. The van der Waals surface area contributed by atoms with E-state index in [1.54, 1.807) is 12.4 Å². The fourth-order valence-electron chi connectivity index (χ4n) is 2.17. The fraction of sp³-hybridized carbons (Fsp3) is 0.538. The first kappa shape index (κ1) is 13.5. The normalized spacial score (nSPS) is 19.7. The topological polar surface area (TPSA) is 73.7 Å². The summed E-state index contributed by atoms with van der Waals surface area (Å²) < 4.78 is 0. The number of H-pyrrole nitrogens is 1. The molecule has 0 saturated heterocycles. The van der Waals surface area contributed by atoms with E-state index in [1.165, 1.54) is 0 Å². The first-order valence-electron chi connectivity index (χ1n) is 6.23. The summed E-state index contributed by atoms with van der Waals surface area (Å²) in [6, 6.07) is 1.56. The van der Waals surface area contributed by atoms with Gasteiger partial charge in [-0.1, -0.05) is 13.8 Å². The van der Waals surface area contributed by atoms with Gasteiger partial charge in [0, 0.05) is 25.7 Å². The number of hydrogen-bond acceptors (Lipinski definition) is 4. The summed E-state index contributed by atoms with van der Waals surface area (Å²) in [6.45, 7) is 4.32. The summed E-state index contributed by atoms with van der Waals surface area (Å²) >= 11 is 0. The molecular formula is C13H19N5O. The lowest BCUT2D eigenvalue weighted by Gasteiger charge is -2.30. The Balaban J connectivity index is 2.44. The molecule has 0 saturated carbocycles. The maximum atomic E-state index is 11.4. The third kappa shape index (κ3) is 3.27. The van der Waals surface area contributed by atoms with Crippen molar-refractivity contribution >= 4 is 12.1 Å². The smallest absolute Gasteiger partial charge is 0.264 e. The summed E-state index contributed by atoms with van der Waals surface area (Å²) in [4.78, 5) is 13.2. The minimum atomic E-state index is -0.206. The molecule has 0 fully saturated rings. The van der Waals surface area contributed by atoms with Gasteiger partial charge in [0.05, 0.1) is 11.4 Å². The SMILES string of the molecule is CN(C)/C=N\N=C1\CC(C)(C)Cc2n[nH]c(=O)cc21. The highest BCUT2D eigenvalue weighted by Gasteiger charge is 2.31. The molecule has 1 aromatic rings. The summed E-state index contributed by atoms with van der Waals surface area (Å²) in [7, 11) is 3.77. The molecule has 0 amide bonds. The molecule has 0 bridgehead atoms. The van der Waals surface area contributed by atoms with Crippen molar-refractivity contribution in [1.29, 1.82) is 0 Å². The zero-order valence-corrected chi connectivity index (χ0v) is 11.8. The molecular weight excluding hydrogens is 242 g/mol. The van der Waals surface area contributed by atoms with Crippen LogP contribution in [0.4, 0.5) is 0 Å². The van der Waals surface area contributed by atoms with E-state index >= 15 is 0 Å². The van der Waals surface area contributed by atoms with Crippen LogP contribution in [-0.2, 0) is 6.42 Å². The van der Waals surface area contributed by atoms with Crippen molar-refractivity contribution in [2.45, 2.75) is 26.7 Å². The number of nitrogens with zero attached hydrogens (tertiary/aromatic N) is 4. The molecule has 0 aromatic carbocycles. The van der Waals surface area contributed by atoms with E-state index in [9.17, 15) is 4.79 Å². The second kappa shape index (κ2) is 4.95. The van der Waals surface area contributed by atoms with E-state index in [0.717, 1.165) is 29.8 Å². The van der Waals surface area contributed by atoms with Crippen LogP contribution in [0.1, 0.15) is 31.5 Å². The molecule has 1 aliphatic carbocycles. The van der Waals surface area contributed by atoms with E-state index in [4.69, 9.17) is 0 Å². The van der Waals surface area contributed by atoms with E-state index in [0.29, 0.717) is 0 Å². The third-order valence-electron chi connectivity index (χ3n) is 2.95. The quantitative estimate of drug-likeness (QED) is 0.491. The molecule has 19 heavy (non-hydrogen) atoms. The maximum absolute atomic E-state index is 11.4. The van der Waals surface area contributed by atoms with Crippen LogP contribution in [-0.4, -0.2) is 41.2 Å². The van der Waals surface area contributed by atoms with Crippen molar-refractivity contribution in [3.63, 3.8) is 0 Å². The van der Waals surface area contributed by atoms with Gasteiger partial charge in [0.15, 0.2) is 0 Å². The highest BCUT2D eigenvalue weighted by atomic mass is 16.1. The fourth-order valence-corrected chi connectivity index (χ4v) is 2.17. The second-order valence-corrected chi connectivity index (χ2v) is 5.85. The lowest BCUT2D eigenvalue weighted by Crippen LogP contribution is -2.30. The van der Waals surface area contributed by atoms with Gasteiger partial charge in [0.2, 0.25) is 0 Å². The maximum Gasteiger partial charge on any atom is 0.264 e. The molecule has 0 atom stereocenters. The lowest BCUT2D eigenvalue weighted by molar-refractivity contribution is 0.365. The lowest BCUT2D eigenvalue weighted by atomic mass is 9.75. The minimum Gasteiger partial charge on any atom is -0.367 e. The van der Waals surface area contributed by atoms with Crippen molar-refractivity contribution in [1.82, 2.24) is 15.1 Å². The Bertz CT molecular complexity index is 583. The van der Waals surface area contributed by atoms with E-state index in [1.807, 2.05) is 19.0 Å². The summed E-state index contributed by atoms with van der Waals surface area (Å²) in [6.07, 6.45) is 3.25. The standard InChI is InChI=1S/C13H19N5O/c1-13(2)6-10(15-14-8-18(3)4)9-5-12(19)17-16-11(9)7-13/h5,8H,6-7H2,1-4H3,(H,17,19)/b14-8-,15-10-. The summed E-state index contributed by atoms with van der Waals surface area (Å²) in [5.74, 6) is 0. The molecule has 1 aromatic heterocycles. The molecule has 1 N–H and O–H groups in total. The van der Waals surface area contributed by atoms with Crippen LogP contribution in [0.2, 0.25) is 0 Å². The number of aromatic nitrogens is 2. The molecule has 0 aliphatic heterocycles. The number of nitrogens with one attached hydrogen (secondary N) is 1. The summed E-state index contributed by atoms with van der Waals surface area (Å²) in [5, 5.41) is 14.9. The third-order valence-corrected chi connectivity index (χ3v) is 2.95. The summed E-state index contributed by atoms with van der Waals surface area (Å²) in [5.41, 5.74) is 2.39. The van der Waals surface area contributed by atoms with Gasteiger partial charge in [-0.2, -0.15) is 10.2 Å². The molecule has 102 valence electrons. The van der Waals surface area contributed by atoms with E-state index < -0.39 is 0 Å². The Morgan fingerprint density at radius 2 is 2.16 bits per heavy atom. The molecule has 0 spiro atoms. The Kier molecular flexibility index (Phi) is 3.50. The Morgan fingerprint density at radius 1 is 1.42 bits per heavy atom. The van der Waals surface area contributed by atoms with Crippen molar-refractivity contribution in [2.24, 2.45) is 15.6 Å². The van der Waals surface area contributed by atoms with Crippen LogP contribution in [0.3, 0.4) is 0 Å². The molecule has 6 nitrogen and oxygen atoms in total. The Morgan fingerprint density at radius 3 is 2.84 bits per heavy atom.